The number of benzene rings is 1. The first-order chi connectivity index (χ1) is 11.3. The number of hydrogen-bond acceptors (Lipinski definition) is 2. The molecule has 0 aliphatic heterocycles. The molecule has 1 aromatic carbocycles. The van der Waals surface area contributed by atoms with Crippen LogP contribution in [0.25, 0.3) is 0 Å². The van der Waals surface area contributed by atoms with E-state index in [0.717, 1.165) is 25.0 Å². The fourth-order valence-corrected chi connectivity index (χ4v) is 2.82. The predicted octanol–water partition coefficient (Wildman–Crippen LogP) is 4.97. The Morgan fingerprint density at radius 2 is 1.96 bits per heavy atom. The number of nitrogens with zero attached hydrogens (tertiary/aromatic N) is 1. The SMILES string of the molecule is Cc1ccc(C(=O)N(C2CC2)C(C)c2cccc(C(F)(F)F)c2)o1. The highest BCUT2D eigenvalue weighted by Gasteiger charge is 2.38. The van der Waals surface area contributed by atoms with Crippen LogP contribution in [-0.2, 0) is 6.18 Å². The van der Waals surface area contributed by atoms with Gasteiger partial charge in [0.25, 0.3) is 5.91 Å². The van der Waals surface area contributed by atoms with Crippen LogP contribution in [0, 0.1) is 6.92 Å². The highest BCUT2D eigenvalue weighted by atomic mass is 19.4. The normalized spacial score (nSPS) is 16.0. The van der Waals surface area contributed by atoms with Gasteiger partial charge in [-0.3, -0.25) is 4.79 Å². The van der Waals surface area contributed by atoms with E-state index in [1.165, 1.54) is 6.07 Å². The number of furan rings is 1. The summed E-state index contributed by atoms with van der Waals surface area (Å²) < 4.78 is 44.2. The van der Waals surface area contributed by atoms with E-state index < -0.39 is 17.8 Å². The summed E-state index contributed by atoms with van der Waals surface area (Å²) >= 11 is 0. The molecule has 1 aromatic heterocycles. The van der Waals surface area contributed by atoms with Gasteiger partial charge in [-0.05, 0) is 56.5 Å². The molecule has 2 aromatic rings. The summed E-state index contributed by atoms with van der Waals surface area (Å²) in [5, 5.41) is 0. The summed E-state index contributed by atoms with van der Waals surface area (Å²) in [7, 11) is 0. The fraction of sp³-hybridized carbons (Fsp3) is 0.389. The van der Waals surface area contributed by atoms with Crippen LogP contribution in [0.5, 0.6) is 0 Å². The largest absolute Gasteiger partial charge is 0.456 e. The molecular formula is C18H18F3NO2. The summed E-state index contributed by atoms with van der Waals surface area (Å²) in [6.45, 7) is 3.50. The summed E-state index contributed by atoms with van der Waals surface area (Å²) in [6, 6.07) is 8.04. The van der Waals surface area contributed by atoms with Crippen molar-refractivity contribution < 1.29 is 22.4 Å². The number of halogens is 3. The van der Waals surface area contributed by atoms with E-state index in [0.29, 0.717) is 11.3 Å². The number of alkyl halides is 3. The lowest BCUT2D eigenvalue weighted by atomic mass is 10.0. The number of carbonyl (C=O) groups is 1. The number of amides is 1. The minimum Gasteiger partial charge on any atom is -0.456 e. The van der Waals surface area contributed by atoms with E-state index >= 15 is 0 Å². The van der Waals surface area contributed by atoms with E-state index in [9.17, 15) is 18.0 Å². The Bertz CT molecular complexity index is 747. The second-order valence-electron chi connectivity index (χ2n) is 6.15. The number of rotatable bonds is 4. The smallest absolute Gasteiger partial charge is 0.416 e. The van der Waals surface area contributed by atoms with Gasteiger partial charge in [-0.15, -0.1) is 0 Å². The lowest BCUT2D eigenvalue weighted by Crippen LogP contribution is -2.35. The lowest BCUT2D eigenvalue weighted by Gasteiger charge is -2.29. The van der Waals surface area contributed by atoms with Gasteiger partial charge in [0.05, 0.1) is 11.6 Å². The van der Waals surface area contributed by atoms with Gasteiger partial charge in [0, 0.05) is 6.04 Å². The topological polar surface area (TPSA) is 33.5 Å². The first-order valence-electron chi connectivity index (χ1n) is 7.83. The van der Waals surface area contributed by atoms with E-state index in [1.54, 1.807) is 36.9 Å². The van der Waals surface area contributed by atoms with Gasteiger partial charge in [-0.2, -0.15) is 13.2 Å². The van der Waals surface area contributed by atoms with Crippen molar-refractivity contribution in [2.45, 2.75) is 44.9 Å². The Morgan fingerprint density at radius 3 is 2.50 bits per heavy atom. The molecule has 0 spiro atoms. The molecule has 0 radical (unpaired) electrons. The molecule has 6 heteroatoms. The van der Waals surface area contributed by atoms with Crippen LogP contribution < -0.4 is 0 Å². The molecule has 1 aliphatic carbocycles. The predicted molar refractivity (Wildman–Crippen MR) is 82.5 cm³/mol. The molecule has 0 bridgehead atoms. The molecule has 1 heterocycles. The summed E-state index contributed by atoms with van der Waals surface area (Å²) in [5.74, 6) is 0.564. The zero-order valence-electron chi connectivity index (χ0n) is 13.4. The molecule has 1 fully saturated rings. The van der Waals surface area contributed by atoms with Gasteiger partial charge < -0.3 is 9.32 Å². The molecule has 0 saturated heterocycles. The van der Waals surface area contributed by atoms with Gasteiger partial charge >= 0.3 is 6.18 Å². The van der Waals surface area contributed by atoms with Crippen LogP contribution in [0.15, 0.2) is 40.8 Å². The molecule has 1 atom stereocenters. The third kappa shape index (κ3) is 3.32. The molecule has 3 nitrogen and oxygen atoms in total. The van der Waals surface area contributed by atoms with Crippen molar-refractivity contribution in [3.8, 4) is 0 Å². The van der Waals surface area contributed by atoms with Gasteiger partial charge in [-0.1, -0.05) is 12.1 Å². The average Bonchev–Trinajstić information content (AvgIpc) is 3.26. The molecule has 1 unspecified atom stereocenters. The molecule has 1 saturated carbocycles. The van der Waals surface area contributed by atoms with Crippen LogP contribution in [0.2, 0.25) is 0 Å². The number of hydrogen-bond donors (Lipinski definition) is 0. The van der Waals surface area contributed by atoms with Crippen LogP contribution in [0.3, 0.4) is 0 Å². The highest BCUT2D eigenvalue weighted by Crippen LogP contribution is 2.37. The average molecular weight is 337 g/mol. The van der Waals surface area contributed by atoms with Crippen molar-refractivity contribution in [1.82, 2.24) is 4.90 Å². The zero-order valence-corrected chi connectivity index (χ0v) is 13.4. The van der Waals surface area contributed by atoms with Crippen molar-refractivity contribution in [1.29, 1.82) is 0 Å². The van der Waals surface area contributed by atoms with Gasteiger partial charge in [-0.25, -0.2) is 0 Å². The second-order valence-corrected chi connectivity index (χ2v) is 6.15. The van der Waals surface area contributed by atoms with Gasteiger partial charge in [0.1, 0.15) is 5.76 Å². The maximum Gasteiger partial charge on any atom is 0.416 e. The summed E-state index contributed by atoms with van der Waals surface area (Å²) in [6.07, 6.45) is -2.69. The molecule has 1 aliphatic rings. The molecular weight excluding hydrogens is 319 g/mol. The lowest BCUT2D eigenvalue weighted by molar-refractivity contribution is -0.137. The standard InChI is InChI=1S/C18H18F3NO2/c1-11-6-9-16(24-11)17(23)22(15-7-8-15)12(2)13-4-3-5-14(10-13)18(19,20)21/h3-6,9-10,12,15H,7-8H2,1-2H3. The molecule has 24 heavy (non-hydrogen) atoms. The number of carbonyl (C=O) groups excluding carboxylic acids is 1. The second kappa shape index (κ2) is 6.00. The highest BCUT2D eigenvalue weighted by molar-refractivity contribution is 5.92. The van der Waals surface area contributed by atoms with Gasteiger partial charge in [0.15, 0.2) is 5.76 Å². The van der Waals surface area contributed by atoms with Crippen molar-refractivity contribution in [2.75, 3.05) is 0 Å². The van der Waals surface area contributed by atoms with E-state index in [1.807, 2.05) is 0 Å². The van der Waals surface area contributed by atoms with Crippen molar-refractivity contribution in [2.24, 2.45) is 0 Å². The molecule has 128 valence electrons. The Hall–Kier alpha value is -2.24. The maximum atomic E-state index is 12.9. The zero-order chi connectivity index (χ0) is 17.5. The summed E-state index contributed by atoms with van der Waals surface area (Å²) in [4.78, 5) is 14.4. The fourth-order valence-electron chi connectivity index (χ4n) is 2.82. The third-order valence-electron chi connectivity index (χ3n) is 4.24. The minimum atomic E-state index is -4.40. The Labute approximate surface area is 138 Å². The van der Waals surface area contributed by atoms with Crippen LogP contribution in [0.1, 0.15) is 53.2 Å². The Balaban J connectivity index is 1.90. The minimum absolute atomic E-state index is 0.0486. The molecule has 0 N–H and O–H groups in total. The Morgan fingerprint density at radius 1 is 1.25 bits per heavy atom. The molecule has 1 amide bonds. The van der Waals surface area contributed by atoms with Gasteiger partial charge in [0.2, 0.25) is 0 Å². The van der Waals surface area contributed by atoms with Crippen LogP contribution in [0.4, 0.5) is 13.2 Å². The Kier molecular flexibility index (Phi) is 4.15. The maximum absolute atomic E-state index is 12.9. The third-order valence-corrected chi connectivity index (χ3v) is 4.24. The summed E-state index contributed by atoms with van der Waals surface area (Å²) in [5.41, 5.74) is -0.239. The first-order valence-corrected chi connectivity index (χ1v) is 7.83. The van der Waals surface area contributed by atoms with E-state index in [4.69, 9.17) is 4.42 Å². The number of aryl methyl sites for hydroxylation is 1. The van der Waals surface area contributed by atoms with E-state index in [2.05, 4.69) is 0 Å². The molecule has 3 rings (SSSR count). The van der Waals surface area contributed by atoms with Crippen molar-refractivity contribution in [3.05, 3.63) is 59.0 Å². The first kappa shape index (κ1) is 16.6. The quantitative estimate of drug-likeness (QED) is 0.789. The van der Waals surface area contributed by atoms with E-state index in [-0.39, 0.29) is 17.7 Å². The van der Waals surface area contributed by atoms with Crippen LogP contribution in [-0.4, -0.2) is 16.8 Å². The monoisotopic (exact) mass is 337 g/mol. The van der Waals surface area contributed by atoms with Crippen molar-refractivity contribution in [3.63, 3.8) is 0 Å². The van der Waals surface area contributed by atoms with Crippen LogP contribution >= 0.6 is 0 Å². The van der Waals surface area contributed by atoms with Crippen molar-refractivity contribution >= 4 is 5.91 Å².